The van der Waals surface area contributed by atoms with Gasteiger partial charge in [0.2, 0.25) is 5.91 Å². The Kier molecular flexibility index (Phi) is 4.66. The minimum Gasteiger partial charge on any atom is -0.372 e. The van der Waals surface area contributed by atoms with Crippen molar-refractivity contribution in [1.82, 2.24) is 0 Å². The van der Waals surface area contributed by atoms with Gasteiger partial charge in [-0.1, -0.05) is 0 Å². The van der Waals surface area contributed by atoms with E-state index in [1.54, 1.807) is 31.2 Å². The van der Waals surface area contributed by atoms with Crippen LogP contribution >= 0.6 is 0 Å². The van der Waals surface area contributed by atoms with Gasteiger partial charge < -0.3 is 15.4 Å². The number of carbonyl (C=O) groups excluding carboxylic acids is 2. The SMILES string of the molecule is CO[C@H](C)C(=O)Nc1ccc(NC(C)=O)cc1. The molecule has 92 valence electrons. The minimum atomic E-state index is -0.495. The Bertz CT molecular complexity index is 401. The molecule has 5 heteroatoms. The molecule has 0 aliphatic rings. The molecule has 1 aromatic rings. The zero-order valence-corrected chi connectivity index (χ0v) is 10.1. The molecule has 0 fully saturated rings. The number of nitrogens with one attached hydrogen (secondary N) is 2. The van der Waals surface area contributed by atoms with Gasteiger partial charge in [-0.2, -0.15) is 0 Å². The third kappa shape index (κ3) is 4.24. The maximum atomic E-state index is 11.5. The summed E-state index contributed by atoms with van der Waals surface area (Å²) >= 11 is 0. The van der Waals surface area contributed by atoms with Crippen molar-refractivity contribution in [2.45, 2.75) is 20.0 Å². The van der Waals surface area contributed by atoms with E-state index in [0.29, 0.717) is 11.4 Å². The van der Waals surface area contributed by atoms with Crippen molar-refractivity contribution in [3.05, 3.63) is 24.3 Å². The van der Waals surface area contributed by atoms with Crippen LogP contribution in [0.1, 0.15) is 13.8 Å². The number of ether oxygens (including phenoxy) is 1. The van der Waals surface area contributed by atoms with E-state index in [-0.39, 0.29) is 11.8 Å². The molecule has 2 amide bonds. The van der Waals surface area contributed by atoms with Crippen LogP contribution < -0.4 is 10.6 Å². The van der Waals surface area contributed by atoms with Crippen LogP contribution in [0.5, 0.6) is 0 Å². The summed E-state index contributed by atoms with van der Waals surface area (Å²) < 4.78 is 4.89. The molecule has 0 aliphatic heterocycles. The number of rotatable bonds is 4. The van der Waals surface area contributed by atoms with E-state index < -0.39 is 6.10 Å². The van der Waals surface area contributed by atoms with Gasteiger partial charge in [-0.3, -0.25) is 9.59 Å². The van der Waals surface area contributed by atoms with Crippen LogP contribution in [0.25, 0.3) is 0 Å². The van der Waals surface area contributed by atoms with Crippen molar-refractivity contribution >= 4 is 23.2 Å². The lowest BCUT2D eigenvalue weighted by molar-refractivity contribution is -0.124. The molecular formula is C12H16N2O3. The molecule has 1 atom stereocenters. The fourth-order valence-electron chi connectivity index (χ4n) is 1.19. The number of amides is 2. The molecule has 1 aromatic carbocycles. The molecular weight excluding hydrogens is 220 g/mol. The van der Waals surface area contributed by atoms with Gasteiger partial charge >= 0.3 is 0 Å². The smallest absolute Gasteiger partial charge is 0.253 e. The molecule has 0 bridgehead atoms. The van der Waals surface area contributed by atoms with E-state index in [0.717, 1.165) is 0 Å². The number of carbonyl (C=O) groups is 2. The molecule has 0 saturated carbocycles. The van der Waals surface area contributed by atoms with Gasteiger partial charge in [-0.25, -0.2) is 0 Å². The lowest BCUT2D eigenvalue weighted by Gasteiger charge is -2.10. The molecule has 0 unspecified atom stereocenters. The summed E-state index contributed by atoms with van der Waals surface area (Å²) in [4.78, 5) is 22.3. The number of benzene rings is 1. The van der Waals surface area contributed by atoms with Gasteiger partial charge in [0.05, 0.1) is 0 Å². The van der Waals surface area contributed by atoms with E-state index in [1.807, 2.05) is 0 Å². The molecule has 0 radical (unpaired) electrons. The first-order chi connectivity index (χ1) is 8.02. The second kappa shape index (κ2) is 6.00. The minimum absolute atomic E-state index is 0.130. The van der Waals surface area contributed by atoms with Gasteiger partial charge in [0.15, 0.2) is 0 Å². The van der Waals surface area contributed by atoms with Crippen LogP contribution in [0.2, 0.25) is 0 Å². The molecule has 0 aliphatic carbocycles. The zero-order chi connectivity index (χ0) is 12.8. The third-order valence-corrected chi connectivity index (χ3v) is 2.20. The second-order valence-electron chi connectivity index (χ2n) is 3.63. The van der Waals surface area contributed by atoms with Gasteiger partial charge in [-0.15, -0.1) is 0 Å². The summed E-state index contributed by atoms with van der Waals surface area (Å²) in [5, 5.41) is 5.34. The van der Waals surface area contributed by atoms with Crippen molar-refractivity contribution in [2.24, 2.45) is 0 Å². The lowest BCUT2D eigenvalue weighted by atomic mass is 10.2. The van der Waals surface area contributed by atoms with E-state index in [2.05, 4.69) is 10.6 Å². The predicted molar refractivity (Wildman–Crippen MR) is 65.8 cm³/mol. The fraction of sp³-hybridized carbons (Fsp3) is 0.333. The molecule has 0 aromatic heterocycles. The predicted octanol–water partition coefficient (Wildman–Crippen LogP) is 1.62. The normalized spacial score (nSPS) is 11.7. The van der Waals surface area contributed by atoms with Crippen LogP contribution in [-0.2, 0) is 14.3 Å². The summed E-state index contributed by atoms with van der Waals surface area (Å²) in [5.74, 6) is -0.338. The van der Waals surface area contributed by atoms with Gasteiger partial charge in [0.25, 0.3) is 5.91 Å². The molecule has 5 nitrogen and oxygen atoms in total. The molecule has 1 rings (SSSR count). The quantitative estimate of drug-likeness (QED) is 0.834. The highest BCUT2D eigenvalue weighted by molar-refractivity contribution is 5.94. The largest absolute Gasteiger partial charge is 0.372 e. The van der Waals surface area contributed by atoms with Gasteiger partial charge in [0.1, 0.15) is 6.10 Å². The first-order valence-electron chi connectivity index (χ1n) is 5.24. The highest BCUT2D eigenvalue weighted by Gasteiger charge is 2.11. The lowest BCUT2D eigenvalue weighted by Crippen LogP contribution is -2.26. The first-order valence-corrected chi connectivity index (χ1v) is 5.24. The van der Waals surface area contributed by atoms with Crippen LogP contribution in [0.4, 0.5) is 11.4 Å². The molecule has 0 saturated heterocycles. The average molecular weight is 236 g/mol. The monoisotopic (exact) mass is 236 g/mol. The maximum Gasteiger partial charge on any atom is 0.253 e. The van der Waals surface area contributed by atoms with Crippen molar-refractivity contribution in [2.75, 3.05) is 17.7 Å². The molecule has 0 spiro atoms. The van der Waals surface area contributed by atoms with E-state index in [4.69, 9.17) is 4.74 Å². The van der Waals surface area contributed by atoms with E-state index in [9.17, 15) is 9.59 Å². The van der Waals surface area contributed by atoms with Crippen LogP contribution in [0, 0.1) is 0 Å². The summed E-state index contributed by atoms with van der Waals surface area (Å²) in [6.07, 6.45) is -0.495. The van der Waals surface area contributed by atoms with Crippen molar-refractivity contribution in [3.8, 4) is 0 Å². The second-order valence-corrected chi connectivity index (χ2v) is 3.63. The van der Waals surface area contributed by atoms with Crippen LogP contribution in [0.3, 0.4) is 0 Å². The number of hydrogen-bond acceptors (Lipinski definition) is 3. The van der Waals surface area contributed by atoms with Crippen LogP contribution in [-0.4, -0.2) is 25.0 Å². The van der Waals surface area contributed by atoms with Gasteiger partial charge in [-0.05, 0) is 31.2 Å². The zero-order valence-electron chi connectivity index (χ0n) is 10.1. The highest BCUT2D eigenvalue weighted by atomic mass is 16.5. The standard InChI is InChI=1S/C12H16N2O3/c1-8(17-3)12(16)14-11-6-4-10(5-7-11)13-9(2)15/h4-8H,1-3H3,(H,13,15)(H,14,16)/t8-/m1/s1. The fourth-order valence-corrected chi connectivity index (χ4v) is 1.19. The Balaban J connectivity index is 2.62. The molecule has 0 heterocycles. The van der Waals surface area contributed by atoms with Crippen LogP contribution in [0.15, 0.2) is 24.3 Å². The number of anilines is 2. The summed E-state index contributed by atoms with van der Waals surface area (Å²) in [6.45, 7) is 3.11. The maximum absolute atomic E-state index is 11.5. The summed E-state index contributed by atoms with van der Waals surface area (Å²) in [5.41, 5.74) is 1.35. The first kappa shape index (κ1) is 13.2. The highest BCUT2D eigenvalue weighted by Crippen LogP contribution is 2.13. The topological polar surface area (TPSA) is 67.4 Å². The molecule has 17 heavy (non-hydrogen) atoms. The van der Waals surface area contributed by atoms with Crippen molar-refractivity contribution < 1.29 is 14.3 Å². The Hall–Kier alpha value is -1.88. The third-order valence-electron chi connectivity index (χ3n) is 2.20. The average Bonchev–Trinajstić information content (AvgIpc) is 2.30. The Morgan fingerprint density at radius 3 is 2.00 bits per heavy atom. The van der Waals surface area contributed by atoms with Crippen molar-refractivity contribution in [3.63, 3.8) is 0 Å². The number of hydrogen-bond donors (Lipinski definition) is 2. The van der Waals surface area contributed by atoms with E-state index >= 15 is 0 Å². The summed E-state index contributed by atoms with van der Waals surface area (Å²) in [6, 6.07) is 6.86. The van der Waals surface area contributed by atoms with Gasteiger partial charge in [0, 0.05) is 25.4 Å². The van der Waals surface area contributed by atoms with Crippen molar-refractivity contribution in [1.29, 1.82) is 0 Å². The number of methoxy groups -OCH3 is 1. The molecule has 2 N–H and O–H groups in total. The Morgan fingerprint density at radius 2 is 1.59 bits per heavy atom. The van der Waals surface area contributed by atoms with E-state index in [1.165, 1.54) is 14.0 Å². The Labute approximate surface area is 100 Å². The Morgan fingerprint density at radius 1 is 1.12 bits per heavy atom. The summed E-state index contributed by atoms with van der Waals surface area (Å²) in [7, 11) is 1.48.